The van der Waals surface area contributed by atoms with Crippen LogP contribution in [-0.2, 0) is 11.3 Å². The Morgan fingerprint density at radius 3 is 3.00 bits per heavy atom. The van der Waals surface area contributed by atoms with Crippen LogP contribution < -0.4 is 15.8 Å². The number of para-hydroxylation sites is 2. The molecule has 1 heterocycles. The number of aromatic nitrogens is 1. The molecule has 1 amide bonds. The van der Waals surface area contributed by atoms with Crippen molar-refractivity contribution in [2.75, 3.05) is 11.9 Å². The van der Waals surface area contributed by atoms with Gasteiger partial charge in [-0.1, -0.05) is 12.1 Å². The summed E-state index contributed by atoms with van der Waals surface area (Å²) in [5.41, 5.74) is 5.95. The van der Waals surface area contributed by atoms with Crippen LogP contribution in [0.1, 0.15) is 11.4 Å². The van der Waals surface area contributed by atoms with E-state index in [2.05, 4.69) is 10.3 Å². The number of hydrogen-bond acceptors (Lipinski definition) is 5. The van der Waals surface area contributed by atoms with Gasteiger partial charge in [-0.15, -0.1) is 11.3 Å². The number of nitrogens with zero attached hydrogens (tertiary/aromatic N) is 1. The van der Waals surface area contributed by atoms with E-state index in [4.69, 9.17) is 10.5 Å². The van der Waals surface area contributed by atoms with Gasteiger partial charge in [-0.25, -0.2) is 4.98 Å². The van der Waals surface area contributed by atoms with Crippen LogP contribution in [0.2, 0.25) is 0 Å². The summed E-state index contributed by atoms with van der Waals surface area (Å²) in [6, 6.07) is 7.58. The first kappa shape index (κ1) is 13.4. The molecule has 6 heteroatoms. The van der Waals surface area contributed by atoms with Crippen molar-refractivity contribution >= 4 is 22.9 Å². The van der Waals surface area contributed by atoms with Gasteiger partial charge in [0, 0.05) is 11.6 Å². The summed E-state index contributed by atoms with van der Waals surface area (Å²) >= 11 is 1.59. The van der Waals surface area contributed by atoms with Crippen molar-refractivity contribution in [3.05, 3.63) is 40.8 Å². The third-order valence-electron chi connectivity index (χ3n) is 2.41. The second-order valence-electron chi connectivity index (χ2n) is 3.84. The number of carbonyl (C=O) groups is 1. The number of anilines is 1. The number of carbonyl (C=O) groups excluding carboxylic acids is 1. The Kier molecular flexibility index (Phi) is 4.74. The Morgan fingerprint density at radius 2 is 2.26 bits per heavy atom. The molecular weight excluding hydrogens is 262 g/mol. The average Bonchev–Trinajstić information content (AvgIpc) is 2.90. The van der Waals surface area contributed by atoms with E-state index >= 15 is 0 Å². The van der Waals surface area contributed by atoms with Crippen LogP contribution in [-0.4, -0.2) is 17.5 Å². The molecule has 0 atom stereocenters. The monoisotopic (exact) mass is 277 g/mol. The zero-order valence-electron chi connectivity index (χ0n) is 10.3. The topological polar surface area (TPSA) is 77.2 Å². The molecule has 2 rings (SSSR count). The van der Waals surface area contributed by atoms with E-state index in [1.54, 1.807) is 17.5 Å². The molecule has 3 N–H and O–H groups in total. The highest BCUT2D eigenvalue weighted by Crippen LogP contribution is 2.24. The van der Waals surface area contributed by atoms with Crippen molar-refractivity contribution in [2.24, 2.45) is 5.73 Å². The van der Waals surface area contributed by atoms with Crippen LogP contribution in [0.3, 0.4) is 0 Å². The molecule has 100 valence electrons. The van der Waals surface area contributed by atoms with Crippen molar-refractivity contribution < 1.29 is 9.53 Å². The summed E-state index contributed by atoms with van der Waals surface area (Å²) in [6.07, 6.45) is 1.98. The van der Waals surface area contributed by atoms with E-state index in [0.717, 1.165) is 10.7 Å². The number of ether oxygens (including phenoxy) is 1. The summed E-state index contributed by atoms with van der Waals surface area (Å²) < 4.78 is 5.54. The Labute approximate surface area is 115 Å². The average molecular weight is 277 g/mol. The van der Waals surface area contributed by atoms with Gasteiger partial charge in [0.1, 0.15) is 10.8 Å². The molecule has 0 aliphatic rings. The van der Waals surface area contributed by atoms with Crippen LogP contribution >= 0.6 is 11.3 Å². The van der Waals surface area contributed by atoms with Gasteiger partial charge >= 0.3 is 0 Å². The van der Waals surface area contributed by atoms with E-state index in [0.29, 0.717) is 12.3 Å². The molecule has 0 unspecified atom stereocenters. The number of benzene rings is 1. The predicted molar refractivity (Wildman–Crippen MR) is 75.2 cm³/mol. The van der Waals surface area contributed by atoms with Crippen molar-refractivity contribution in [1.82, 2.24) is 4.98 Å². The third-order valence-corrected chi connectivity index (χ3v) is 3.19. The molecule has 0 saturated heterocycles. The molecule has 5 nitrogen and oxygen atoms in total. The number of thiazole rings is 1. The second-order valence-corrected chi connectivity index (χ2v) is 4.82. The van der Waals surface area contributed by atoms with Gasteiger partial charge in [0.2, 0.25) is 5.91 Å². The molecule has 0 saturated carbocycles. The molecule has 0 aliphatic heterocycles. The third kappa shape index (κ3) is 4.26. The molecule has 1 aromatic heterocycles. The summed E-state index contributed by atoms with van der Waals surface area (Å²) in [7, 11) is 0. The van der Waals surface area contributed by atoms with E-state index in [-0.39, 0.29) is 18.9 Å². The minimum absolute atomic E-state index is 0.209. The van der Waals surface area contributed by atoms with Crippen molar-refractivity contribution in [1.29, 1.82) is 0 Å². The lowest BCUT2D eigenvalue weighted by Crippen LogP contribution is -2.15. The van der Waals surface area contributed by atoms with Gasteiger partial charge in [-0.2, -0.15) is 0 Å². The van der Waals surface area contributed by atoms with Crippen LogP contribution in [0.4, 0.5) is 5.69 Å². The highest BCUT2D eigenvalue weighted by molar-refractivity contribution is 7.09. The van der Waals surface area contributed by atoms with Crippen LogP contribution in [0, 0.1) is 0 Å². The molecule has 1 aromatic carbocycles. The predicted octanol–water partition coefficient (Wildman–Crippen LogP) is 2.01. The molecule has 0 spiro atoms. The van der Waals surface area contributed by atoms with Crippen LogP contribution in [0.5, 0.6) is 5.75 Å². The standard InChI is InChI=1S/C13H15N3O2S/c14-12(17)5-7-18-11-4-2-1-3-10(11)16-9-13-15-6-8-19-13/h1-4,6,8,16H,5,7,9H2,(H2,14,17). The van der Waals surface area contributed by atoms with Gasteiger partial charge in [-0.05, 0) is 12.1 Å². The summed E-state index contributed by atoms with van der Waals surface area (Å²) in [4.78, 5) is 14.9. The number of amides is 1. The fourth-order valence-electron chi connectivity index (χ4n) is 1.51. The van der Waals surface area contributed by atoms with E-state index in [1.807, 2.05) is 29.6 Å². The number of rotatable bonds is 7. The van der Waals surface area contributed by atoms with E-state index in [9.17, 15) is 4.79 Å². The van der Waals surface area contributed by atoms with Gasteiger partial charge in [-0.3, -0.25) is 4.79 Å². The molecule has 0 bridgehead atoms. The molecular formula is C13H15N3O2S. The molecule has 2 aromatic rings. The van der Waals surface area contributed by atoms with Crippen LogP contribution in [0.25, 0.3) is 0 Å². The van der Waals surface area contributed by atoms with E-state index in [1.165, 1.54) is 0 Å². The first-order chi connectivity index (χ1) is 9.25. The largest absolute Gasteiger partial charge is 0.491 e. The highest BCUT2D eigenvalue weighted by atomic mass is 32.1. The molecule has 0 radical (unpaired) electrons. The maximum atomic E-state index is 10.7. The summed E-state index contributed by atoms with van der Waals surface area (Å²) in [5, 5.41) is 6.20. The van der Waals surface area contributed by atoms with Crippen molar-refractivity contribution in [3.63, 3.8) is 0 Å². The minimum atomic E-state index is -0.367. The number of nitrogens with two attached hydrogens (primary N) is 1. The Morgan fingerprint density at radius 1 is 1.42 bits per heavy atom. The quantitative estimate of drug-likeness (QED) is 0.811. The van der Waals surface area contributed by atoms with Crippen molar-refractivity contribution in [3.8, 4) is 5.75 Å². The first-order valence-corrected chi connectivity index (χ1v) is 6.76. The SMILES string of the molecule is NC(=O)CCOc1ccccc1NCc1nccs1. The molecule has 19 heavy (non-hydrogen) atoms. The molecule has 0 aliphatic carbocycles. The summed E-state index contributed by atoms with van der Waals surface area (Å²) in [5.74, 6) is 0.341. The Bertz CT molecular complexity index is 528. The number of hydrogen-bond donors (Lipinski definition) is 2. The zero-order chi connectivity index (χ0) is 13.5. The minimum Gasteiger partial charge on any atom is -0.491 e. The number of primary amides is 1. The second kappa shape index (κ2) is 6.75. The maximum Gasteiger partial charge on any atom is 0.220 e. The maximum absolute atomic E-state index is 10.7. The van der Waals surface area contributed by atoms with Crippen LogP contribution in [0.15, 0.2) is 35.8 Å². The Balaban J connectivity index is 1.93. The van der Waals surface area contributed by atoms with Gasteiger partial charge in [0.05, 0.1) is 25.3 Å². The number of nitrogens with one attached hydrogen (secondary N) is 1. The fraction of sp³-hybridized carbons (Fsp3) is 0.231. The first-order valence-electron chi connectivity index (χ1n) is 5.88. The fourth-order valence-corrected chi connectivity index (χ4v) is 2.07. The smallest absolute Gasteiger partial charge is 0.220 e. The normalized spacial score (nSPS) is 10.1. The van der Waals surface area contributed by atoms with Gasteiger partial charge < -0.3 is 15.8 Å². The summed E-state index contributed by atoms with van der Waals surface area (Å²) in [6.45, 7) is 0.930. The lowest BCUT2D eigenvalue weighted by Gasteiger charge is -2.11. The lowest BCUT2D eigenvalue weighted by molar-refractivity contribution is -0.118. The lowest BCUT2D eigenvalue weighted by atomic mass is 10.3. The highest BCUT2D eigenvalue weighted by Gasteiger charge is 2.04. The molecule has 0 fully saturated rings. The zero-order valence-corrected chi connectivity index (χ0v) is 11.2. The van der Waals surface area contributed by atoms with Gasteiger partial charge in [0.25, 0.3) is 0 Å². The van der Waals surface area contributed by atoms with Gasteiger partial charge in [0.15, 0.2) is 0 Å². The Hall–Kier alpha value is -2.08. The van der Waals surface area contributed by atoms with E-state index < -0.39 is 0 Å². The van der Waals surface area contributed by atoms with Crippen molar-refractivity contribution in [2.45, 2.75) is 13.0 Å².